The summed E-state index contributed by atoms with van der Waals surface area (Å²) in [6, 6.07) is 4.93. The molecule has 0 bridgehead atoms. The minimum absolute atomic E-state index is 0.0385. The monoisotopic (exact) mass is 203 g/mol. The number of aromatic nitrogens is 1. The van der Waals surface area contributed by atoms with Gasteiger partial charge in [-0.05, 0) is 6.07 Å². The SMILES string of the molecule is N=C(N)c1ccc2c(C(=O)O)c[nH]c2c1. The molecule has 0 saturated carbocycles. The lowest BCUT2D eigenvalue weighted by atomic mass is 10.1. The molecule has 2 rings (SSSR count). The summed E-state index contributed by atoms with van der Waals surface area (Å²) in [7, 11) is 0. The second-order valence-electron chi connectivity index (χ2n) is 3.18. The maximum atomic E-state index is 10.8. The van der Waals surface area contributed by atoms with Gasteiger partial charge in [0.1, 0.15) is 5.84 Å². The van der Waals surface area contributed by atoms with E-state index < -0.39 is 5.97 Å². The summed E-state index contributed by atoms with van der Waals surface area (Å²) in [5.41, 5.74) is 6.78. The van der Waals surface area contributed by atoms with Crippen molar-refractivity contribution in [2.75, 3.05) is 0 Å². The Bertz CT molecular complexity index is 557. The summed E-state index contributed by atoms with van der Waals surface area (Å²) in [4.78, 5) is 13.6. The fraction of sp³-hybridized carbons (Fsp3) is 0. The third-order valence-electron chi connectivity index (χ3n) is 2.22. The molecule has 5 nitrogen and oxygen atoms in total. The number of nitrogens with two attached hydrogens (primary N) is 1. The number of amidine groups is 1. The van der Waals surface area contributed by atoms with Crippen LogP contribution in [0.2, 0.25) is 0 Å². The van der Waals surface area contributed by atoms with Crippen LogP contribution >= 0.6 is 0 Å². The number of carboxylic acids is 1. The number of aromatic carboxylic acids is 1. The summed E-state index contributed by atoms with van der Waals surface area (Å²) in [5.74, 6) is -1.01. The number of nitrogens with one attached hydrogen (secondary N) is 2. The molecule has 0 unspecified atom stereocenters. The molecule has 0 saturated heterocycles. The molecule has 1 aromatic carbocycles. The quantitative estimate of drug-likeness (QED) is 0.434. The van der Waals surface area contributed by atoms with E-state index in [-0.39, 0.29) is 11.4 Å². The summed E-state index contributed by atoms with van der Waals surface area (Å²) in [5, 5.41) is 16.7. The third kappa shape index (κ3) is 1.43. The molecule has 2 aromatic rings. The summed E-state index contributed by atoms with van der Waals surface area (Å²) >= 11 is 0. The van der Waals surface area contributed by atoms with Gasteiger partial charge in [-0.2, -0.15) is 0 Å². The van der Waals surface area contributed by atoms with Crippen molar-refractivity contribution in [3.05, 3.63) is 35.5 Å². The Hall–Kier alpha value is -2.30. The highest BCUT2D eigenvalue weighted by atomic mass is 16.4. The zero-order chi connectivity index (χ0) is 11.0. The van der Waals surface area contributed by atoms with E-state index in [1.807, 2.05) is 0 Å². The van der Waals surface area contributed by atoms with E-state index in [1.165, 1.54) is 6.20 Å². The number of rotatable bonds is 2. The predicted molar refractivity (Wildman–Crippen MR) is 56.3 cm³/mol. The number of carboxylic acid groups (broad SMARTS) is 1. The molecular formula is C10H9N3O2. The van der Waals surface area contributed by atoms with Gasteiger partial charge in [-0.1, -0.05) is 12.1 Å². The maximum Gasteiger partial charge on any atom is 0.337 e. The van der Waals surface area contributed by atoms with Crippen LogP contribution in [0.5, 0.6) is 0 Å². The topological polar surface area (TPSA) is 103 Å². The Balaban J connectivity index is 2.66. The molecule has 0 amide bonds. The Morgan fingerprint density at radius 1 is 1.47 bits per heavy atom. The molecule has 1 heterocycles. The Kier molecular flexibility index (Phi) is 1.93. The van der Waals surface area contributed by atoms with Gasteiger partial charge in [-0.25, -0.2) is 4.79 Å². The van der Waals surface area contributed by atoms with E-state index in [0.717, 1.165) is 0 Å². The first-order valence-electron chi connectivity index (χ1n) is 4.28. The van der Waals surface area contributed by atoms with Gasteiger partial charge in [0.15, 0.2) is 0 Å². The number of fused-ring (bicyclic) bond motifs is 1. The molecule has 76 valence electrons. The van der Waals surface area contributed by atoms with Crippen molar-refractivity contribution in [1.82, 2.24) is 4.98 Å². The molecule has 0 aliphatic carbocycles. The van der Waals surface area contributed by atoms with Crippen molar-refractivity contribution in [3.63, 3.8) is 0 Å². The van der Waals surface area contributed by atoms with Crippen molar-refractivity contribution in [3.8, 4) is 0 Å². The molecule has 0 fully saturated rings. The van der Waals surface area contributed by atoms with Gasteiger partial charge in [0, 0.05) is 22.7 Å². The van der Waals surface area contributed by atoms with Gasteiger partial charge in [-0.3, -0.25) is 5.41 Å². The molecular weight excluding hydrogens is 194 g/mol. The van der Waals surface area contributed by atoms with Gasteiger partial charge in [0.05, 0.1) is 5.56 Å². The van der Waals surface area contributed by atoms with Crippen LogP contribution in [-0.2, 0) is 0 Å². The fourth-order valence-electron chi connectivity index (χ4n) is 1.47. The average Bonchev–Trinajstić information content (AvgIpc) is 2.59. The summed E-state index contributed by atoms with van der Waals surface area (Å²) in [6.07, 6.45) is 1.43. The van der Waals surface area contributed by atoms with E-state index in [9.17, 15) is 4.79 Å². The third-order valence-corrected chi connectivity index (χ3v) is 2.22. The van der Waals surface area contributed by atoms with Gasteiger partial charge in [-0.15, -0.1) is 0 Å². The number of hydrogen-bond donors (Lipinski definition) is 4. The first-order chi connectivity index (χ1) is 7.09. The van der Waals surface area contributed by atoms with E-state index in [1.54, 1.807) is 18.2 Å². The number of hydrogen-bond acceptors (Lipinski definition) is 2. The molecule has 1 aromatic heterocycles. The van der Waals surface area contributed by atoms with Gasteiger partial charge in [0.2, 0.25) is 0 Å². The van der Waals surface area contributed by atoms with Crippen molar-refractivity contribution in [2.24, 2.45) is 5.73 Å². The second kappa shape index (κ2) is 3.13. The van der Waals surface area contributed by atoms with E-state index in [4.69, 9.17) is 16.2 Å². The number of nitrogen functional groups attached to an aromatic ring is 1. The van der Waals surface area contributed by atoms with E-state index in [0.29, 0.717) is 16.5 Å². The highest BCUT2D eigenvalue weighted by Crippen LogP contribution is 2.19. The van der Waals surface area contributed by atoms with E-state index >= 15 is 0 Å². The van der Waals surface area contributed by atoms with Crippen molar-refractivity contribution < 1.29 is 9.90 Å². The summed E-state index contributed by atoms with van der Waals surface area (Å²) < 4.78 is 0. The summed E-state index contributed by atoms with van der Waals surface area (Å²) in [6.45, 7) is 0. The minimum Gasteiger partial charge on any atom is -0.478 e. The van der Waals surface area contributed by atoms with Crippen LogP contribution in [0.3, 0.4) is 0 Å². The lowest BCUT2D eigenvalue weighted by Gasteiger charge is -1.98. The Labute approximate surface area is 85.0 Å². The van der Waals surface area contributed by atoms with Gasteiger partial charge < -0.3 is 15.8 Å². The normalized spacial score (nSPS) is 10.4. The zero-order valence-corrected chi connectivity index (χ0v) is 7.74. The first kappa shape index (κ1) is 9.26. The first-order valence-corrected chi connectivity index (χ1v) is 4.28. The molecule has 5 N–H and O–H groups in total. The van der Waals surface area contributed by atoms with Crippen molar-refractivity contribution >= 4 is 22.7 Å². The molecule has 0 aliphatic rings. The average molecular weight is 203 g/mol. The molecule has 0 aliphatic heterocycles. The van der Waals surface area contributed by atoms with Crippen LogP contribution in [0.15, 0.2) is 24.4 Å². The Morgan fingerprint density at radius 3 is 2.80 bits per heavy atom. The smallest absolute Gasteiger partial charge is 0.337 e. The Morgan fingerprint density at radius 2 is 2.20 bits per heavy atom. The fourth-order valence-corrected chi connectivity index (χ4v) is 1.47. The predicted octanol–water partition coefficient (Wildman–Crippen LogP) is 1.15. The van der Waals surface area contributed by atoms with Crippen LogP contribution < -0.4 is 5.73 Å². The lowest BCUT2D eigenvalue weighted by Crippen LogP contribution is -2.10. The highest BCUT2D eigenvalue weighted by Gasteiger charge is 2.10. The second-order valence-corrected chi connectivity index (χ2v) is 3.18. The largest absolute Gasteiger partial charge is 0.478 e. The lowest BCUT2D eigenvalue weighted by molar-refractivity contribution is 0.0699. The number of carbonyl (C=O) groups is 1. The number of aromatic amines is 1. The van der Waals surface area contributed by atoms with Crippen LogP contribution in [0.4, 0.5) is 0 Å². The van der Waals surface area contributed by atoms with Gasteiger partial charge >= 0.3 is 5.97 Å². The molecule has 15 heavy (non-hydrogen) atoms. The standard InChI is InChI=1S/C10H9N3O2/c11-9(12)5-1-2-6-7(10(14)15)4-13-8(6)3-5/h1-4,13H,(H3,11,12)(H,14,15). The van der Waals surface area contributed by atoms with Gasteiger partial charge in [0.25, 0.3) is 0 Å². The molecule has 0 atom stereocenters. The van der Waals surface area contributed by atoms with Crippen LogP contribution in [0.25, 0.3) is 10.9 Å². The van der Waals surface area contributed by atoms with Crippen molar-refractivity contribution in [1.29, 1.82) is 5.41 Å². The van der Waals surface area contributed by atoms with Crippen LogP contribution in [0.1, 0.15) is 15.9 Å². The maximum absolute atomic E-state index is 10.8. The van der Waals surface area contributed by atoms with E-state index in [2.05, 4.69) is 4.98 Å². The molecule has 0 radical (unpaired) electrons. The molecule has 5 heteroatoms. The van der Waals surface area contributed by atoms with Crippen LogP contribution in [-0.4, -0.2) is 21.9 Å². The van der Waals surface area contributed by atoms with Crippen LogP contribution in [0, 0.1) is 5.41 Å². The van der Waals surface area contributed by atoms with Crippen molar-refractivity contribution in [2.45, 2.75) is 0 Å². The number of H-pyrrole nitrogens is 1. The molecule has 0 spiro atoms. The minimum atomic E-state index is -0.975. The zero-order valence-electron chi connectivity index (χ0n) is 7.74. The number of benzene rings is 1. The highest BCUT2D eigenvalue weighted by molar-refractivity contribution is 6.05.